The van der Waals surface area contributed by atoms with Gasteiger partial charge < -0.3 is 5.32 Å². The number of hydrogen-bond donors (Lipinski definition) is 1. The van der Waals surface area contributed by atoms with Gasteiger partial charge in [0.15, 0.2) is 0 Å². The molecule has 0 aromatic heterocycles. The van der Waals surface area contributed by atoms with Crippen LogP contribution in [0.5, 0.6) is 0 Å². The minimum Gasteiger partial charge on any atom is -0.352 e. The van der Waals surface area contributed by atoms with Crippen LogP contribution in [0.15, 0.2) is 43.0 Å². The highest BCUT2D eigenvalue weighted by molar-refractivity contribution is 5.84. The molecular formula is C15H21NO. The maximum absolute atomic E-state index is 12.1. The van der Waals surface area contributed by atoms with Gasteiger partial charge in [-0.15, -0.1) is 6.58 Å². The number of amides is 1. The van der Waals surface area contributed by atoms with E-state index in [1.807, 2.05) is 30.3 Å². The zero-order valence-corrected chi connectivity index (χ0v) is 10.6. The predicted molar refractivity (Wildman–Crippen MR) is 71.8 cm³/mol. The fourth-order valence-corrected chi connectivity index (χ4v) is 1.92. The van der Waals surface area contributed by atoms with E-state index in [1.54, 1.807) is 6.08 Å². The molecule has 17 heavy (non-hydrogen) atoms. The average molecular weight is 231 g/mol. The Morgan fingerprint density at radius 2 is 2.06 bits per heavy atom. The molecule has 1 N–H and O–H groups in total. The number of rotatable bonds is 6. The van der Waals surface area contributed by atoms with E-state index >= 15 is 0 Å². The highest BCUT2D eigenvalue weighted by atomic mass is 16.1. The molecule has 0 radical (unpaired) electrons. The van der Waals surface area contributed by atoms with E-state index in [1.165, 1.54) is 0 Å². The number of hydrogen-bond acceptors (Lipinski definition) is 1. The van der Waals surface area contributed by atoms with Gasteiger partial charge in [0, 0.05) is 6.54 Å². The fourth-order valence-electron chi connectivity index (χ4n) is 1.92. The lowest BCUT2D eigenvalue weighted by Crippen LogP contribution is -2.32. The van der Waals surface area contributed by atoms with Crippen LogP contribution < -0.4 is 5.32 Å². The zero-order chi connectivity index (χ0) is 12.7. The van der Waals surface area contributed by atoms with Crippen LogP contribution in [-0.2, 0) is 4.79 Å². The van der Waals surface area contributed by atoms with Crippen molar-refractivity contribution in [1.82, 2.24) is 5.32 Å². The van der Waals surface area contributed by atoms with Gasteiger partial charge in [0.25, 0.3) is 0 Å². The van der Waals surface area contributed by atoms with Crippen molar-refractivity contribution in [2.45, 2.75) is 26.2 Å². The topological polar surface area (TPSA) is 29.1 Å². The molecular weight excluding hydrogens is 210 g/mol. The Kier molecular flexibility index (Phi) is 5.47. The molecule has 1 rings (SSSR count). The lowest BCUT2D eigenvalue weighted by Gasteiger charge is -2.22. The van der Waals surface area contributed by atoms with Crippen LogP contribution in [0.4, 0.5) is 0 Å². The predicted octanol–water partition coefficient (Wildman–Crippen LogP) is 3.12. The number of carbonyl (C=O) groups is 1. The molecule has 2 heteroatoms. The van der Waals surface area contributed by atoms with Gasteiger partial charge >= 0.3 is 0 Å². The van der Waals surface area contributed by atoms with Gasteiger partial charge in [0.05, 0.1) is 5.92 Å². The van der Waals surface area contributed by atoms with Crippen molar-refractivity contribution in [2.75, 3.05) is 6.54 Å². The van der Waals surface area contributed by atoms with E-state index in [0.717, 1.165) is 12.0 Å². The van der Waals surface area contributed by atoms with Crippen LogP contribution in [-0.4, -0.2) is 12.5 Å². The minimum atomic E-state index is -0.0684. The van der Waals surface area contributed by atoms with Gasteiger partial charge in [-0.3, -0.25) is 4.79 Å². The third-order valence-corrected chi connectivity index (χ3v) is 3.07. The Morgan fingerprint density at radius 1 is 1.41 bits per heavy atom. The number of nitrogens with one attached hydrogen (secondary N) is 1. The summed E-state index contributed by atoms with van der Waals surface area (Å²) in [6.07, 6.45) is 2.69. The van der Waals surface area contributed by atoms with Crippen LogP contribution in [0, 0.1) is 5.92 Å². The Hall–Kier alpha value is -1.57. The van der Waals surface area contributed by atoms with E-state index in [0.29, 0.717) is 12.5 Å². The molecule has 1 aromatic carbocycles. The lowest BCUT2D eigenvalue weighted by molar-refractivity contribution is -0.123. The Balaban J connectivity index is 2.88. The first-order valence-electron chi connectivity index (χ1n) is 6.14. The molecule has 0 aliphatic heterocycles. The Labute approximate surface area is 104 Å². The van der Waals surface area contributed by atoms with Gasteiger partial charge in [0.2, 0.25) is 5.91 Å². The van der Waals surface area contributed by atoms with Gasteiger partial charge in [-0.2, -0.15) is 0 Å². The normalized spacial score (nSPS) is 13.8. The second kappa shape index (κ2) is 6.89. The summed E-state index contributed by atoms with van der Waals surface area (Å²) in [6, 6.07) is 9.96. The second-order valence-electron chi connectivity index (χ2n) is 4.31. The molecule has 2 unspecified atom stereocenters. The first kappa shape index (κ1) is 13.5. The molecule has 0 fully saturated rings. The number of benzene rings is 1. The Bertz CT molecular complexity index is 358. The molecule has 0 aliphatic rings. The van der Waals surface area contributed by atoms with Crippen molar-refractivity contribution >= 4 is 5.91 Å². The molecule has 1 amide bonds. The maximum atomic E-state index is 12.1. The molecule has 0 spiro atoms. The largest absolute Gasteiger partial charge is 0.352 e. The van der Waals surface area contributed by atoms with Gasteiger partial charge in [-0.1, -0.05) is 56.7 Å². The third kappa shape index (κ3) is 3.74. The van der Waals surface area contributed by atoms with E-state index in [2.05, 4.69) is 25.7 Å². The minimum absolute atomic E-state index is 0.0684. The second-order valence-corrected chi connectivity index (χ2v) is 4.31. The molecule has 1 aromatic rings. The quantitative estimate of drug-likeness (QED) is 0.749. The van der Waals surface area contributed by atoms with Gasteiger partial charge in [-0.25, -0.2) is 0 Å². The van der Waals surface area contributed by atoms with E-state index in [4.69, 9.17) is 0 Å². The molecule has 0 bridgehead atoms. The van der Waals surface area contributed by atoms with E-state index in [9.17, 15) is 4.79 Å². The zero-order valence-electron chi connectivity index (χ0n) is 10.6. The molecule has 2 atom stereocenters. The van der Waals surface area contributed by atoms with Crippen LogP contribution in [0.2, 0.25) is 0 Å². The summed E-state index contributed by atoms with van der Waals surface area (Å²) in [7, 11) is 0. The summed E-state index contributed by atoms with van der Waals surface area (Å²) in [4.78, 5) is 12.1. The molecule has 0 saturated carbocycles. The summed E-state index contributed by atoms with van der Waals surface area (Å²) in [6.45, 7) is 8.37. The van der Waals surface area contributed by atoms with Crippen molar-refractivity contribution in [3.8, 4) is 0 Å². The first-order chi connectivity index (χ1) is 8.20. The molecule has 92 valence electrons. The summed E-state index contributed by atoms with van der Waals surface area (Å²) < 4.78 is 0. The summed E-state index contributed by atoms with van der Waals surface area (Å²) in [5.41, 5.74) is 1.09. The van der Waals surface area contributed by atoms with Crippen molar-refractivity contribution in [1.29, 1.82) is 0 Å². The van der Waals surface area contributed by atoms with Crippen molar-refractivity contribution in [2.24, 2.45) is 5.92 Å². The monoisotopic (exact) mass is 231 g/mol. The standard InChI is InChI=1S/C15H21NO/c1-4-11-16-15(17)14(12(3)5-2)13-9-7-6-8-10-13/h4,6-10,12,14H,1,5,11H2,2-3H3,(H,16,17). The van der Waals surface area contributed by atoms with Crippen LogP contribution in [0.1, 0.15) is 31.7 Å². The fraction of sp³-hybridized carbons (Fsp3) is 0.400. The molecule has 0 heterocycles. The van der Waals surface area contributed by atoms with Crippen LogP contribution in [0.25, 0.3) is 0 Å². The van der Waals surface area contributed by atoms with Gasteiger partial charge in [-0.05, 0) is 11.5 Å². The molecule has 0 aliphatic carbocycles. The number of carbonyl (C=O) groups excluding carboxylic acids is 1. The maximum Gasteiger partial charge on any atom is 0.228 e. The van der Waals surface area contributed by atoms with E-state index in [-0.39, 0.29) is 11.8 Å². The summed E-state index contributed by atoms with van der Waals surface area (Å²) >= 11 is 0. The molecule has 2 nitrogen and oxygen atoms in total. The highest BCUT2D eigenvalue weighted by Gasteiger charge is 2.24. The third-order valence-electron chi connectivity index (χ3n) is 3.07. The van der Waals surface area contributed by atoms with Crippen LogP contribution in [0.3, 0.4) is 0 Å². The van der Waals surface area contributed by atoms with Crippen molar-refractivity contribution in [3.63, 3.8) is 0 Å². The SMILES string of the molecule is C=CCNC(=O)C(c1ccccc1)C(C)CC. The highest BCUT2D eigenvalue weighted by Crippen LogP contribution is 2.26. The average Bonchev–Trinajstić information content (AvgIpc) is 2.37. The van der Waals surface area contributed by atoms with E-state index < -0.39 is 0 Å². The van der Waals surface area contributed by atoms with Gasteiger partial charge in [0.1, 0.15) is 0 Å². The lowest BCUT2D eigenvalue weighted by atomic mass is 9.85. The van der Waals surface area contributed by atoms with Crippen molar-refractivity contribution in [3.05, 3.63) is 48.6 Å². The van der Waals surface area contributed by atoms with Crippen LogP contribution >= 0.6 is 0 Å². The summed E-state index contributed by atoms with van der Waals surface area (Å²) in [5.74, 6) is 0.355. The first-order valence-corrected chi connectivity index (χ1v) is 6.14. The van der Waals surface area contributed by atoms with Crippen molar-refractivity contribution < 1.29 is 4.79 Å². The smallest absolute Gasteiger partial charge is 0.228 e. The molecule has 0 saturated heterocycles. The Morgan fingerprint density at radius 3 is 2.59 bits per heavy atom. The summed E-state index contributed by atoms with van der Waals surface area (Å²) in [5, 5.41) is 2.89.